The molecule has 0 bridgehead atoms. The van der Waals surface area contributed by atoms with Crippen molar-refractivity contribution in [1.29, 1.82) is 0 Å². The molecule has 3 aliphatic rings. The van der Waals surface area contributed by atoms with Crippen LogP contribution in [0.2, 0.25) is 0 Å². The Hall–Kier alpha value is -2.37. The number of nitrogens with zero attached hydrogens (tertiary/aromatic N) is 1. The van der Waals surface area contributed by atoms with Crippen LogP contribution in [0.4, 0.5) is 0 Å². The third kappa shape index (κ3) is 5.16. The number of nitrogens with one attached hydrogen (secondary N) is 1. The number of carbonyl (C=O) groups is 2. The number of fused-ring (bicyclic) bond motifs is 1. The highest BCUT2D eigenvalue weighted by atomic mass is 32.2. The van der Waals surface area contributed by atoms with E-state index in [2.05, 4.69) is 19.2 Å². The van der Waals surface area contributed by atoms with E-state index in [1.165, 1.54) is 18.2 Å². The number of esters is 1. The fourth-order valence-corrected chi connectivity index (χ4v) is 6.49. The zero-order valence-corrected chi connectivity index (χ0v) is 20.3. The first kappa shape index (κ1) is 24.7. The van der Waals surface area contributed by atoms with E-state index in [0.717, 1.165) is 23.6 Å². The lowest BCUT2D eigenvalue weighted by atomic mass is 9.78. The number of benzene rings is 1. The molecule has 0 radical (unpaired) electrons. The lowest BCUT2D eigenvalue weighted by Crippen LogP contribution is -2.46. The standard InChI is InChI=1S/C23H32N2O8S/c1-14-4-3-5-18(15(14)2)24-22(27)13-33-23(28)19-10-16(26)12-25(19)34(29,30)17-6-7-20-21(11-17)32-9-8-31-20/h6-7,11,14-16,18-19,26H,3-5,8-10,12-13H2,1-2H3,(H,24,27)/t14?,15?,16?,18?,19-/m0/s1. The molecule has 4 unspecified atom stereocenters. The highest BCUT2D eigenvalue weighted by molar-refractivity contribution is 7.89. The summed E-state index contributed by atoms with van der Waals surface area (Å²) < 4.78 is 43.6. The van der Waals surface area contributed by atoms with Gasteiger partial charge in [0.15, 0.2) is 18.1 Å². The van der Waals surface area contributed by atoms with Crippen molar-refractivity contribution in [2.45, 2.75) is 62.6 Å². The lowest BCUT2D eigenvalue weighted by Gasteiger charge is -2.34. The van der Waals surface area contributed by atoms with Crippen molar-refractivity contribution in [2.75, 3.05) is 26.4 Å². The van der Waals surface area contributed by atoms with Gasteiger partial charge in [-0.05, 0) is 30.4 Å². The van der Waals surface area contributed by atoms with E-state index in [9.17, 15) is 23.1 Å². The summed E-state index contributed by atoms with van der Waals surface area (Å²) in [5.41, 5.74) is 0. The fourth-order valence-electron chi connectivity index (χ4n) is 4.85. The quantitative estimate of drug-likeness (QED) is 0.559. The highest BCUT2D eigenvalue weighted by Gasteiger charge is 2.45. The van der Waals surface area contributed by atoms with Crippen LogP contribution in [0.1, 0.15) is 39.5 Å². The number of rotatable bonds is 6. The van der Waals surface area contributed by atoms with Gasteiger partial charge in [-0.2, -0.15) is 4.31 Å². The predicted molar refractivity (Wildman–Crippen MR) is 121 cm³/mol. The SMILES string of the molecule is CC1CCCC(NC(=O)COC(=O)[C@@H]2CC(O)CN2S(=O)(=O)c2ccc3c(c2)OCCO3)C1C. The molecule has 2 fully saturated rings. The van der Waals surface area contributed by atoms with Crippen molar-refractivity contribution in [2.24, 2.45) is 11.8 Å². The zero-order chi connectivity index (χ0) is 24.5. The van der Waals surface area contributed by atoms with Gasteiger partial charge in [0.2, 0.25) is 10.0 Å². The summed E-state index contributed by atoms with van der Waals surface area (Å²) in [6.45, 7) is 4.18. The van der Waals surface area contributed by atoms with Gasteiger partial charge in [-0.1, -0.05) is 26.7 Å². The number of ether oxygens (including phenoxy) is 3. The van der Waals surface area contributed by atoms with Crippen molar-refractivity contribution in [1.82, 2.24) is 9.62 Å². The molecule has 2 aliphatic heterocycles. The molecule has 0 spiro atoms. The van der Waals surface area contributed by atoms with Crippen LogP contribution in [-0.4, -0.2) is 74.3 Å². The third-order valence-electron chi connectivity index (χ3n) is 7.02. The number of β-amino-alcohol motifs (C(OH)–C–C–N with tert-alkyl or cyclic N) is 1. The minimum Gasteiger partial charge on any atom is -0.486 e. The first-order valence-corrected chi connectivity index (χ1v) is 13.2. The lowest BCUT2D eigenvalue weighted by molar-refractivity contribution is -0.152. The normalized spacial score (nSPS) is 29.4. The number of aliphatic hydroxyl groups is 1. The Morgan fingerprint density at radius 1 is 1.18 bits per heavy atom. The largest absolute Gasteiger partial charge is 0.486 e. The molecule has 10 nitrogen and oxygen atoms in total. The van der Waals surface area contributed by atoms with E-state index >= 15 is 0 Å². The maximum absolute atomic E-state index is 13.3. The number of amides is 1. The Morgan fingerprint density at radius 3 is 2.68 bits per heavy atom. The highest BCUT2D eigenvalue weighted by Crippen LogP contribution is 2.35. The first-order valence-electron chi connectivity index (χ1n) is 11.7. The third-order valence-corrected chi connectivity index (χ3v) is 8.90. The minimum absolute atomic E-state index is 0.0235. The average molecular weight is 497 g/mol. The number of carbonyl (C=O) groups excluding carboxylic acids is 2. The summed E-state index contributed by atoms with van der Waals surface area (Å²) in [6.07, 6.45) is 1.90. The molecule has 1 aromatic rings. The molecule has 2 N–H and O–H groups in total. The van der Waals surface area contributed by atoms with E-state index in [-0.39, 0.29) is 23.9 Å². The Morgan fingerprint density at radius 2 is 1.91 bits per heavy atom. The Labute approximate surface area is 199 Å². The number of hydrogen-bond acceptors (Lipinski definition) is 8. The van der Waals surface area contributed by atoms with E-state index in [0.29, 0.717) is 36.5 Å². The van der Waals surface area contributed by atoms with Crippen LogP contribution < -0.4 is 14.8 Å². The van der Waals surface area contributed by atoms with Gasteiger partial charge in [-0.25, -0.2) is 8.42 Å². The maximum Gasteiger partial charge on any atom is 0.325 e. The van der Waals surface area contributed by atoms with Crippen LogP contribution in [-0.2, 0) is 24.3 Å². The summed E-state index contributed by atoms with van der Waals surface area (Å²) in [5, 5.41) is 13.1. The van der Waals surface area contributed by atoms with Gasteiger partial charge in [0.1, 0.15) is 19.3 Å². The van der Waals surface area contributed by atoms with Gasteiger partial charge in [0, 0.05) is 25.1 Å². The second kappa shape index (κ2) is 10.1. The molecule has 1 amide bonds. The van der Waals surface area contributed by atoms with Gasteiger partial charge in [0.25, 0.3) is 5.91 Å². The first-order chi connectivity index (χ1) is 16.2. The van der Waals surface area contributed by atoms with Crippen LogP contribution in [0.3, 0.4) is 0 Å². The summed E-state index contributed by atoms with van der Waals surface area (Å²) in [7, 11) is -4.14. The molecule has 2 heterocycles. The second-order valence-corrected chi connectivity index (χ2v) is 11.2. The number of hydrogen-bond donors (Lipinski definition) is 2. The van der Waals surface area contributed by atoms with E-state index in [1.807, 2.05) is 0 Å². The second-order valence-electron chi connectivity index (χ2n) is 9.33. The van der Waals surface area contributed by atoms with Crippen LogP contribution in [0.5, 0.6) is 11.5 Å². The van der Waals surface area contributed by atoms with Crippen molar-refractivity contribution in [3.63, 3.8) is 0 Å². The molecule has 11 heteroatoms. The molecule has 1 saturated carbocycles. The molecule has 4 rings (SSSR count). The van der Waals surface area contributed by atoms with Crippen molar-refractivity contribution in [3.8, 4) is 11.5 Å². The summed E-state index contributed by atoms with van der Waals surface area (Å²) in [5.74, 6) is 0.285. The molecule has 0 aromatic heterocycles. The van der Waals surface area contributed by atoms with Crippen molar-refractivity contribution < 1.29 is 37.3 Å². The van der Waals surface area contributed by atoms with Crippen LogP contribution in [0.25, 0.3) is 0 Å². The van der Waals surface area contributed by atoms with Gasteiger partial charge in [0.05, 0.1) is 11.0 Å². The van der Waals surface area contributed by atoms with E-state index < -0.39 is 40.7 Å². The zero-order valence-electron chi connectivity index (χ0n) is 19.4. The number of sulfonamides is 1. The monoisotopic (exact) mass is 496 g/mol. The van der Waals surface area contributed by atoms with Gasteiger partial charge in [-0.15, -0.1) is 0 Å². The minimum atomic E-state index is -4.14. The molecule has 34 heavy (non-hydrogen) atoms. The van der Waals surface area contributed by atoms with Crippen LogP contribution in [0.15, 0.2) is 23.1 Å². The molecule has 188 valence electrons. The summed E-state index contributed by atoms with van der Waals surface area (Å²) in [6, 6.07) is 3.01. The maximum atomic E-state index is 13.3. The van der Waals surface area contributed by atoms with Gasteiger partial charge in [-0.3, -0.25) is 9.59 Å². The molecular formula is C23H32N2O8S. The summed E-state index contributed by atoms with van der Waals surface area (Å²) >= 11 is 0. The molecule has 1 aromatic carbocycles. The molecule has 1 aliphatic carbocycles. The van der Waals surface area contributed by atoms with Crippen molar-refractivity contribution >= 4 is 21.9 Å². The number of aliphatic hydroxyl groups excluding tert-OH is 1. The van der Waals surface area contributed by atoms with E-state index in [1.54, 1.807) is 0 Å². The Balaban J connectivity index is 1.40. The van der Waals surface area contributed by atoms with Gasteiger partial charge < -0.3 is 24.6 Å². The predicted octanol–water partition coefficient (Wildman–Crippen LogP) is 1.07. The van der Waals surface area contributed by atoms with Crippen LogP contribution in [0, 0.1) is 11.8 Å². The fraction of sp³-hybridized carbons (Fsp3) is 0.652. The van der Waals surface area contributed by atoms with Gasteiger partial charge >= 0.3 is 5.97 Å². The summed E-state index contributed by atoms with van der Waals surface area (Å²) in [4.78, 5) is 25.1. The topological polar surface area (TPSA) is 131 Å². The van der Waals surface area contributed by atoms with Crippen molar-refractivity contribution in [3.05, 3.63) is 18.2 Å². The molecular weight excluding hydrogens is 464 g/mol. The Bertz CT molecular complexity index is 1030. The Kier molecular flexibility index (Phi) is 7.34. The molecule has 1 saturated heterocycles. The smallest absolute Gasteiger partial charge is 0.325 e. The van der Waals surface area contributed by atoms with E-state index in [4.69, 9.17) is 14.2 Å². The average Bonchev–Trinajstić information content (AvgIpc) is 3.23. The molecule has 5 atom stereocenters. The van der Waals surface area contributed by atoms with Crippen LogP contribution >= 0.6 is 0 Å².